The lowest BCUT2D eigenvalue weighted by Gasteiger charge is -2.06. The summed E-state index contributed by atoms with van der Waals surface area (Å²) in [6.45, 7) is 4.51. The van der Waals surface area contributed by atoms with Gasteiger partial charge in [0.15, 0.2) is 0 Å². The van der Waals surface area contributed by atoms with Crippen LogP contribution in [0.5, 0.6) is 0 Å². The van der Waals surface area contributed by atoms with Crippen LogP contribution in [-0.4, -0.2) is 15.8 Å². The van der Waals surface area contributed by atoms with Crippen LogP contribution in [0.25, 0.3) is 11.3 Å². The van der Waals surface area contributed by atoms with Crippen LogP contribution >= 0.6 is 0 Å². The van der Waals surface area contributed by atoms with Gasteiger partial charge in [-0.2, -0.15) is 5.10 Å². The molecule has 0 atom stereocenters. The number of rotatable bonds is 5. The Morgan fingerprint density at radius 2 is 1.95 bits per heavy atom. The summed E-state index contributed by atoms with van der Waals surface area (Å²) in [4.78, 5) is 0. The first-order chi connectivity index (χ1) is 9.61. The molecule has 3 heteroatoms. The third-order valence-electron chi connectivity index (χ3n) is 3.70. The third kappa shape index (κ3) is 3.03. The highest BCUT2D eigenvalue weighted by molar-refractivity contribution is 5.64. The first-order valence-corrected chi connectivity index (χ1v) is 7.51. The van der Waals surface area contributed by atoms with Gasteiger partial charge < -0.3 is 5.32 Å². The van der Waals surface area contributed by atoms with Crippen LogP contribution in [0, 0.1) is 5.92 Å². The molecule has 1 heterocycles. The molecule has 2 aromatic rings. The maximum absolute atomic E-state index is 4.54. The van der Waals surface area contributed by atoms with Gasteiger partial charge in [0.25, 0.3) is 0 Å². The lowest BCUT2D eigenvalue weighted by atomic mass is 10.0. The largest absolute Gasteiger partial charge is 0.366 e. The van der Waals surface area contributed by atoms with Gasteiger partial charge in [-0.15, -0.1) is 0 Å². The molecule has 1 saturated carbocycles. The summed E-state index contributed by atoms with van der Waals surface area (Å²) in [7, 11) is 2.01. The van der Waals surface area contributed by atoms with Crippen LogP contribution < -0.4 is 5.32 Å². The smallest absolute Gasteiger partial charge is 0.148 e. The van der Waals surface area contributed by atoms with E-state index in [0.29, 0.717) is 12.0 Å². The van der Waals surface area contributed by atoms with Crippen molar-refractivity contribution < 1.29 is 0 Å². The van der Waals surface area contributed by atoms with Crippen LogP contribution in [0.4, 0.5) is 5.82 Å². The Kier molecular flexibility index (Phi) is 3.51. The quantitative estimate of drug-likeness (QED) is 0.893. The molecule has 0 amide bonds. The minimum absolute atomic E-state index is 0.645. The molecule has 0 unspecified atom stereocenters. The standard InChI is InChI=1S/C17H23N3/c1-12(2)10-13-4-6-14(7-5-13)16-11-17(19-20(16)3)18-15-8-9-15/h4-7,11-12,15H,8-10H2,1-3H3,(H,18,19). The maximum Gasteiger partial charge on any atom is 0.148 e. The van der Waals surface area contributed by atoms with Crippen molar-refractivity contribution >= 4 is 5.82 Å². The Morgan fingerprint density at radius 1 is 1.25 bits per heavy atom. The number of benzene rings is 1. The Balaban J connectivity index is 1.79. The fourth-order valence-corrected chi connectivity index (χ4v) is 2.53. The Bertz CT molecular complexity index is 577. The van der Waals surface area contributed by atoms with E-state index in [9.17, 15) is 0 Å². The molecule has 1 aliphatic carbocycles. The highest BCUT2D eigenvalue weighted by Crippen LogP contribution is 2.27. The number of nitrogens with one attached hydrogen (secondary N) is 1. The molecule has 0 aliphatic heterocycles. The summed E-state index contributed by atoms with van der Waals surface area (Å²) in [5.74, 6) is 1.70. The highest BCUT2D eigenvalue weighted by atomic mass is 15.3. The molecule has 106 valence electrons. The van der Waals surface area contributed by atoms with E-state index in [-0.39, 0.29) is 0 Å². The third-order valence-corrected chi connectivity index (χ3v) is 3.70. The van der Waals surface area contributed by atoms with Gasteiger partial charge in [-0.05, 0) is 36.3 Å². The van der Waals surface area contributed by atoms with Crippen LogP contribution in [0.15, 0.2) is 30.3 Å². The van der Waals surface area contributed by atoms with Gasteiger partial charge in [0.05, 0.1) is 5.69 Å². The summed E-state index contributed by atoms with van der Waals surface area (Å²) in [5.41, 5.74) is 3.81. The number of nitrogens with zero attached hydrogens (tertiary/aromatic N) is 2. The first-order valence-electron chi connectivity index (χ1n) is 7.51. The van der Waals surface area contributed by atoms with E-state index in [1.54, 1.807) is 0 Å². The monoisotopic (exact) mass is 269 g/mol. The lowest BCUT2D eigenvalue weighted by molar-refractivity contribution is 0.647. The van der Waals surface area contributed by atoms with Crippen molar-refractivity contribution in [1.29, 1.82) is 0 Å². The molecule has 3 rings (SSSR count). The topological polar surface area (TPSA) is 29.9 Å². The molecule has 20 heavy (non-hydrogen) atoms. The molecular weight excluding hydrogens is 246 g/mol. The molecule has 1 aromatic carbocycles. The zero-order chi connectivity index (χ0) is 14.1. The maximum atomic E-state index is 4.54. The summed E-state index contributed by atoms with van der Waals surface area (Å²) in [6.07, 6.45) is 3.69. The van der Waals surface area contributed by atoms with E-state index < -0.39 is 0 Å². The fraction of sp³-hybridized carbons (Fsp3) is 0.471. The van der Waals surface area contributed by atoms with Gasteiger partial charge in [0.1, 0.15) is 5.82 Å². The van der Waals surface area contributed by atoms with Gasteiger partial charge in [-0.1, -0.05) is 38.1 Å². The van der Waals surface area contributed by atoms with Gasteiger partial charge in [-0.3, -0.25) is 4.68 Å². The van der Waals surface area contributed by atoms with Gasteiger partial charge >= 0.3 is 0 Å². The van der Waals surface area contributed by atoms with Crippen LogP contribution in [0.1, 0.15) is 32.3 Å². The van der Waals surface area contributed by atoms with Gasteiger partial charge in [0, 0.05) is 19.2 Å². The number of aryl methyl sites for hydroxylation is 1. The van der Waals surface area contributed by atoms with Gasteiger partial charge in [0.2, 0.25) is 0 Å². The molecule has 1 fully saturated rings. The zero-order valence-electron chi connectivity index (χ0n) is 12.6. The fourth-order valence-electron chi connectivity index (χ4n) is 2.53. The molecule has 0 bridgehead atoms. The number of hydrogen-bond acceptors (Lipinski definition) is 2. The Hall–Kier alpha value is -1.77. The second-order valence-electron chi connectivity index (χ2n) is 6.25. The average molecular weight is 269 g/mol. The predicted octanol–water partition coefficient (Wildman–Crippen LogP) is 3.86. The summed E-state index contributed by atoms with van der Waals surface area (Å²) < 4.78 is 1.96. The van der Waals surface area contributed by atoms with Crippen LogP contribution in [-0.2, 0) is 13.5 Å². The molecule has 0 saturated heterocycles. The van der Waals surface area contributed by atoms with Crippen molar-refractivity contribution in [2.24, 2.45) is 13.0 Å². The van der Waals surface area contributed by atoms with E-state index in [1.807, 2.05) is 11.7 Å². The van der Waals surface area contributed by atoms with Gasteiger partial charge in [-0.25, -0.2) is 0 Å². The normalized spacial score (nSPS) is 14.8. The van der Waals surface area contributed by atoms with E-state index >= 15 is 0 Å². The Morgan fingerprint density at radius 3 is 2.55 bits per heavy atom. The van der Waals surface area contributed by atoms with E-state index in [0.717, 1.165) is 12.2 Å². The van der Waals surface area contributed by atoms with E-state index in [2.05, 4.69) is 54.6 Å². The minimum atomic E-state index is 0.645. The van der Waals surface area contributed by atoms with Crippen molar-refractivity contribution in [2.45, 2.75) is 39.2 Å². The molecule has 3 nitrogen and oxygen atoms in total. The van der Waals surface area contributed by atoms with Crippen molar-refractivity contribution in [2.75, 3.05) is 5.32 Å². The minimum Gasteiger partial charge on any atom is -0.366 e. The van der Waals surface area contributed by atoms with E-state index in [1.165, 1.54) is 29.7 Å². The second-order valence-corrected chi connectivity index (χ2v) is 6.25. The molecule has 1 aromatic heterocycles. The number of hydrogen-bond donors (Lipinski definition) is 1. The molecule has 1 aliphatic rings. The second kappa shape index (κ2) is 5.31. The van der Waals surface area contributed by atoms with Crippen molar-refractivity contribution in [1.82, 2.24) is 9.78 Å². The summed E-state index contributed by atoms with van der Waals surface area (Å²) in [6, 6.07) is 11.7. The predicted molar refractivity (Wildman–Crippen MR) is 83.8 cm³/mol. The average Bonchev–Trinajstić information content (AvgIpc) is 3.12. The highest BCUT2D eigenvalue weighted by Gasteiger charge is 2.22. The summed E-state index contributed by atoms with van der Waals surface area (Å²) >= 11 is 0. The van der Waals surface area contributed by atoms with Crippen LogP contribution in [0.3, 0.4) is 0 Å². The zero-order valence-corrected chi connectivity index (χ0v) is 12.6. The molecule has 1 N–H and O–H groups in total. The van der Waals surface area contributed by atoms with Crippen molar-refractivity contribution in [3.8, 4) is 11.3 Å². The summed E-state index contributed by atoms with van der Waals surface area (Å²) in [5, 5.41) is 8.00. The molecular formula is C17H23N3. The molecule has 0 radical (unpaired) electrons. The number of aromatic nitrogens is 2. The number of anilines is 1. The van der Waals surface area contributed by atoms with Crippen molar-refractivity contribution in [3.63, 3.8) is 0 Å². The van der Waals surface area contributed by atoms with Crippen LogP contribution in [0.2, 0.25) is 0 Å². The first kappa shape index (κ1) is 13.2. The molecule has 0 spiro atoms. The lowest BCUT2D eigenvalue weighted by Crippen LogP contribution is -2.02. The van der Waals surface area contributed by atoms with Crippen molar-refractivity contribution in [3.05, 3.63) is 35.9 Å². The SMILES string of the molecule is CC(C)Cc1ccc(-c2cc(NC3CC3)nn2C)cc1. The van der Waals surface area contributed by atoms with E-state index in [4.69, 9.17) is 0 Å². The Labute approximate surface area is 121 Å².